The zero-order valence-electron chi connectivity index (χ0n) is 11.8. The molecule has 4 heteroatoms. The fourth-order valence-corrected chi connectivity index (χ4v) is 2.49. The molecule has 1 fully saturated rings. The van der Waals surface area contributed by atoms with E-state index < -0.39 is 0 Å². The topological polar surface area (TPSA) is 26.8 Å². The quantitative estimate of drug-likeness (QED) is 0.749. The van der Waals surface area contributed by atoms with Gasteiger partial charge in [0.1, 0.15) is 0 Å². The molecule has 0 bridgehead atoms. The number of carbonyl (C=O) groups excluding carboxylic acids is 1. The third-order valence-corrected chi connectivity index (χ3v) is 3.63. The van der Waals surface area contributed by atoms with Gasteiger partial charge in [0.15, 0.2) is 0 Å². The Hall–Kier alpha value is -0.770. The van der Waals surface area contributed by atoms with Crippen molar-refractivity contribution in [2.24, 2.45) is 5.92 Å². The summed E-state index contributed by atoms with van der Waals surface area (Å²) in [6.45, 7) is 6.71. The first-order valence-electron chi connectivity index (χ1n) is 6.69. The van der Waals surface area contributed by atoms with Crippen LogP contribution >= 0.6 is 0 Å². The monoisotopic (exact) mass is 241 g/mol. The molecule has 4 nitrogen and oxygen atoms in total. The second-order valence-corrected chi connectivity index (χ2v) is 5.29. The van der Waals surface area contributed by atoms with Crippen molar-refractivity contribution in [3.05, 3.63) is 0 Å². The van der Waals surface area contributed by atoms with Gasteiger partial charge in [-0.2, -0.15) is 0 Å². The number of carbonyl (C=O) groups is 1. The summed E-state index contributed by atoms with van der Waals surface area (Å²) in [5.41, 5.74) is 0. The van der Waals surface area contributed by atoms with Gasteiger partial charge in [0.05, 0.1) is 0 Å². The third-order valence-electron chi connectivity index (χ3n) is 3.63. The molecule has 100 valence electrons. The van der Waals surface area contributed by atoms with Crippen molar-refractivity contribution in [2.75, 3.05) is 47.3 Å². The van der Waals surface area contributed by atoms with Crippen molar-refractivity contribution in [3.8, 4) is 0 Å². The predicted octanol–water partition coefficient (Wildman–Crippen LogP) is 1.72. The minimum atomic E-state index is 0.105. The Morgan fingerprint density at radius 3 is 2.65 bits per heavy atom. The Morgan fingerprint density at radius 2 is 2.06 bits per heavy atom. The molecule has 17 heavy (non-hydrogen) atoms. The van der Waals surface area contributed by atoms with Crippen LogP contribution in [-0.2, 0) is 0 Å². The number of hydrogen-bond donors (Lipinski definition) is 0. The Labute approximate surface area is 106 Å². The molecule has 0 radical (unpaired) electrons. The number of amides is 2. The highest BCUT2D eigenvalue weighted by atomic mass is 16.2. The number of nitrogens with zero attached hydrogens (tertiary/aromatic N) is 3. The summed E-state index contributed by atoms with van der Waals surface area (Å²) in [6, 6.07) is 0.105. The second-order valence-electron chi connectivity index (χ2n) is 5.29. The molecule has 1 aliphatic heterocycles. The first kappa shape index (κ1) is 14.3. The molecule has 0 spiro atoms. The van der Waals surface area contributed by atoms with Crippen LogP contribution in [0.15, 0.2) is 0 Å². The maximum atomic E-state index is 11.7. The number of urea groups is 1. The highest BCUT2D eigenvalue weighted by Gasteiger charge is 2.20. The van der Waals surface area contributed by atoms with Gasteiger partial charge in [-0.25, -0.2) is 4.79 Å². The van der Waals surface area contributed by atoms with Crippen LogP contribution in [0.5, 0.6) is 0 Å². The maximum absolute atomic E-state index is 11.7. The molecule has 0 aromatic rings. The van der Waals surface area contributed by atoms with E-state index in [1.807, 2.05) is 11.9 Å². The van der Waals surface area contributed by atoms with Gasteiger partial charge in [-0.15, -0.1) is 0 Å². The number of piperidine rings is 1. The molecular formula is C13H27N3O. The first-order chi connectivity index (χ1) is 8.04. The molecule has 0 aliphatic carbocycles. The first-order valence-corrected chi connectivity index (χ1v) is 6.69. The number of hydrogen-bond acceptors (Lipinski definition) is 2. The minimum Gasteiger partial charge on any atom is -0.331 e. The van der Waals surface area contributed by atoms with Gasteiger partial charge in [-0.1, -0.05) is 6.92 Å². The van der Waals surface area contributed by atoms with E-state index in [9.17, 15) is 4.79 Å². The van der Waals surface area contributed by atoms with E-state index in [1.54, 1.807) is 19.0 Å². The van der Waals surface area contributed by atoms with E-state index >= 15 is 0 Å². The van der Waals surface area contributed by atoms with Gasteiger partial charge < -0.3 is 14.7 Å². The van der Waals surface area contributed by atoms with Crippen LogP contribution < -0.4 is 0 Å². The fraction of sp³-hybridized carbons (Fsp3) is 0.923. The van der Waals surface area contributed by atoms with Crippen LogP contribution in [0.2, 0.25) is 0 Å². The Bertz CT molecular complexity index is 243. The highest BCUT2D eigenvalue weighted by molar-refractivity contribution is 5.73. The molecule has 0 N–H and O–H groups in total. The predicted molar refractivity (Wildman–Crippen MR) is 71.2 cm³/mol. The molecule has 0 saturated carbocycles. The average Bonchev–Trinajstić information content (AvgIpc) is 2.35. The summed E-state index contributed by atoms with van der Waals surface area (Å²) in [4.78, 5) is 17.7. The van der Waals surface area contributed by atoms with Crippen LogP contribution in [-0.4, -0.2) is 68.1 Å². The molecule has 1 saturated heterocycles. The van der Waals surface area contributed by atoms with Crippen molar-refractivity contribution in [2.45, 2.75) is 26.2 Å². The minimum absolute atomic E-state index is 0.105. The molecule has 0 aromatic carbocycles. The van der Waals surface area contributed by atoms with Crippen LogP contribution in [0.4, 0.5) is 4.79 Å². The average molecular weight is 241 g/mol. The van der Waals surface area contributed by atoms with Gasteiger partial charge in [-0.05, 0) is 38.3 Å². The molecular weight excluding hydrogens is 214 g/mol. The van der Waals surface area contributed by atoms with Gasteiger partial charge in [0.2, 0.25) is 0 Å². The van der Waals surface area contributed by atoms with Crippen molar-refractivity contribution in [1.82, 2.24) is 14.7 Å². The maximum Gasteiger partial charge on any atom is 0.319 e. The molecule has 2 amide bonds. The van der Waals surface area contributed by atoms with Crippen LogP contribution in [0, 0.1) is 5.92 Å². The largest absolute Gasteiger partial charge is 0.331 e. The smallest absolute Gasteiger partial charge is 0.319 e. The lowest BCUT2D eigenvalue weighted by molar-refractivity contribution is 0.155. The van der Waals surface area contributed by atoms with Crippen molar-refractivity contribution >= 4 is 6.03 Å². The van der Waals surface area contributed by atoms with E-state index in [-0.39, 0.29) is 6.03 Å². The van der Waals surface area contributed by atoms with Crippen LogP contribution in [0.1, 0.15) is 26.2 Å². The van der Waals surface area contributed by atoms with Crippen LogP contribution in [0.25, 0.3) is 0 Å². The number of rotatable bonds is 4. The fourth-order valence-electron chi connectivity index (χ4n) is 2.49. The molecule has 1 aliphatic rings. The lowest BCUT2D eigenvalue weighted by atomic mass is 9.95. The molecule has 0 unspecified atom stereocenters. The molecule has 0 aromatic heterocycles. The van der Waals surface area contributed by atoms with Crippen molar-refractivity contribution < 1.29 is 4.79 Å². The van der Waals surface area contributed by atoms with Gasteiger partial charge >= 0.3 is 6.03 Å². The Balaban J connectivity index is 2.28. The lowest BCUT2D eigenvalue weighted by Gasteiger charge is -2.33. The standard InChI is InChI=1S/C13H27N3O/c1-5-16-9-6-7-12(11-16)8-10-15(4)13(17)14(2)3/h12H,5-11H2,1-4H3/t12-/m0/s1. The zero-order valence-corrected chi connectivity index (χ0v) is 11.8. The summed E-state index contributed by atoms with van der Waals surface area (Å²) in [6.07, 6.45) is 3.76. The van der Waals surface area contributed by atoms with Crippen molar-refractivity contribution in [3.63, 3.8) is 0 Å². The molecule has 1 heterocycles. The third kappa shape index (κ3) is 4.54. The van der Waals surface area contributed by atoms with E-state index in [1.165, 1.54) is 25.9 Å². The zero-order chi connectivity index (χ0) is 12.8. The summed E-state index contributed by atoms with van der Waals surface area (Å²) in [5.74, 6) is 0.765. The summed E-state index contributed by atoms with van der Waals surface area (Å²) < 4.78 is 0. The molecule has 1 atom stereocenters. The molecule has 1 rings (SSSR count). The van der Waals surface area contributed by atoms with Gasteiger partial charge in [0, 0.05) is 34.2 Å². The van der Waals surface area contributed by atoms with E-state index in [4.69, 9.17) is 0 Å². The van der Waals surface area contributed by atoms with E-state index in [0.29, 0.717) is 0 Å². The van der Waals surface area contributed by atoms with Gasteiger partial charge in [0.25, 0.3) is 0 Å². The van der Waals surface area contributed by atoms with E-state index in [2.05, 4.69) is 11.8 Å². The summed E-state index contributed by atoms with van der Waals surface area (Å²) in [5, 5.41) is 0. The van der Waals surface area contributed by atoms with Crippen molar-refractivity contribution in [1.29, 1.82) is 0 Å². The van der Waals surface area contributed by atoms with Gasteiger partial charge in [-0.3, -0.25) is 0 Å². The summed E-state index contributed by atoms with van der Waals surface area (Å²) >= 11 is 0. The highest BCUT2D eigenvalue weighted by Crippen LogP contribution is 2.19. The Kier molecular flexibility index (Phi) is 5.75. The summed E-state index contributed by atoms with van der Waals surface area (Å²) in [7, 11) is 5.50. The Morgan fingerprint density at radius 1 is 1.35 bits per heavy atom. The number of likely N-dealkylation sites (tertiary alicyclic amines) is 1. The normalized spacial score (nSPS) is 21.3. The second kappa shape index (κ2) is 6.84. The van der Waals surface area contributed by atoms with E-state index in [0.717, 1.165) is 25.4 Å². The SMILES string of the molecule is CCN1CCC[C@@H](CCN(C)C(=O)N(C)C)C1. The van der Waals surface area contributed by atoms with Crippen LogP contribution in [0.3, 0.4) is 0 Å². The lowest BCUT2D eigenvalue weighted by Crippen LogP contribution is -2.40.